The number of benzene rings is 1. The van der Waals surface area contributed by atoms with E-state index in [1.54, 1.807) is 18.4 Å². The Morgan fingerprint density at radius 2 is 1.78 bits per heavy atom. The molecule has 32 heavy (non-hydrogen) atoms. The number of aromatic nitrogens is 3. The van der Waals surface area contributed by atoms with Gasteiger partial charge in [-0.1, -0.05) is 6.42 Å². The third-order valence-corrected chi connectivity index (χ3v) is 7.79. The van der Waals surface area contributed by atoms with Gasteiger partial charge in [0.05, 0.1) is 10.6 Å². The van der Waals surface area contributed by atoms with Gasteiger partial charge in [-0.25, -0.2) is 17.9 Å². The second kappa shape index (κ2) is 8.73. The lowest BCUT2D eigenvalue weighted by atomic mass is 10.2. The maximum Gasteiger partial charge on any atom is 0.243 e. The molecule has 1 aromatic carbocycles. The average molecular weight is 472 g/mol. The number of rotatable bonds is 5. The zero-order chi connectivity index (χ0) is 22.9. The number of fused-ring (bicyclic) bond motifs is 1. The molecule has 0 bridgehead atoms. The summed E-state index contributed by atoms with van der Waals surface area (Å²) in [6.07, 6.45) is 4.58. The molecule has 1 fully saturated rings. The van der Waals surface area contributed by atoms with E-state index in [0.29, 0.717) is 23.8 Å². The summed E-state index contributed by atoms with van der Waals surface area (Å²) in [6, 6.07) is 8.19. The van der Waals surface area contributed by atoms with Gasteiger partial charge < -0.3 is 11.5 Å². The lowest BCUT2D eigenvalue weighted by molar-refractivity contribution is 0.346. The van der Waals surface area contributed by atoms with Crippen molar-refractivity contribution >= 4 is 50.4 Å². The number of nitriles is 1. The first kappa shape index (κ1) is 22.0. The number of hydrogen-bond donors (Lipinski definition) is 2. The standard InChI is InChI=1S/C19H21N9O2S2/c1-31-19-14(11-20)16(21)23-18-15(17(22)26-28(18)19)25-24-12-5-7-13(8-6-12)32(29,30)27-9-3-2-4-10-27/h5-8H,2-4,9-10H2,1H3,(H2,21,23)(H2,22,26). The molecular formula is C19H21N9O2S2. The largest absolute Gasteiger partial charge is 0.382 e. The Bertz CT molecular complexity index is 1340. The van der Waals surface area contributed by atoms with Crippen LogP contribution in [0.3, 0.4) is 0 Å². The van der Waals surface area contributed by atoms with E-state index in [1.807, 2.05) is 6.07 Å². The van der Waals surface area contributed by atoms with Crippen molar-refractivity contribution in [3.05, 3.63) is 29.8 Å². The van der Waals surface area contributed by atoms with Gasteiger partial charge in [-0.15, -0.1) is 22.0 Å². The number of anilines is 2. The number of nitrogens with zero attached hydrogens (tertiary/aromatic N) is 7. The van der Waals surface area contributed by atoms with Crippen molar-refractivity contribution < 1.29 is 8.42 Å². The molecule has 4 rings (SSSR count). The van der Waals surface area contributed by atoms with Gasteiger partial charge in [0.1, 0.15) is 22.5 Å². The predicted molar refractivity (Wildman–Crippen MR) is 122 cm³/mol. The Balaban J connectivity index is 1.65. The van der Waals surface area contributed by atoms with Crippen LogP contribution in [0.2, 0.25) is 0 Å². The van der Waals surface area contributed by atoms with Crippen molar-refractivity contribution in [1.82, 2.24) is 18.9 Å². The van der Waals surface area contributed by atoms with Crippen LogP contribution in [0.1, 0.15) is 24.8 Å². The number of piperidine rings is 1. The van der Waals surface area contributed by atoms with Crippen LogP contribution in [0, 0.1) is 11.3 Å². The van der Waals surface area contributed by atoms with Crippen LogP contribution in [-0.2, 0) is 10.0 Å². The van der Waals surface area contributed by atoms with Crippen molar-refractivity contribution in [2.75, 3.05) is 30.8 Å². The third-order valence-electron chi connectivity index (χ3n) is 5.11. The molecule has 2 aromatic heterocycles. The van der Waals surface area contributed by atoms with Crippen LogP contribution in [0.4, 0.5) is 23.0 Å². The molecule has 0 aliphatic carbocycles. The van der Waals surface area contributed by atoms with E-state index >= 15 is 0 Å². The highest BCUT2D eigenvalue weighted by atomic mass is 32.2. The molecule has 0 saturated carbocycles. The first-order valence-electron chi connectivity index (χ1n) is 9.80. The molecule has 3 heterocycles. The zero-order valence-corrected chi connectivity index (χ0v) is 18.9. The summed E-state index contributed by atoms with van der Waals surface area (Å²) in [4.78, 5) is 4.43. The molecule has 3 aromatic rings. The number of thioether (sulfide) groups is 1. The molecule has 0 radical (unpaired) electrons. The van der Waals surface area contributed by atoms with E-state index < -0.39 is 10.0 Å². The van der Waals surface area contributed by atoms with Crippen LogP contribution in [0.25, 0.3) is 5.65 Å². The second-order valence-corrected chi connectivity index (χ2v) is 9.85. The second-order valence-electron chi connectivity index (χ2n) is 7.12. The quantitative estimate of drug-likeness (QED) is 0.325. The van der Waals surface area contributed by atoms with Crippen molar-refractivity contribution in [3.8, 4) is 6.07 Å². The number of azo groups is 1. The van der Waals surface area contributed by atoms with Gasteiger partial charge in [0.15, 0.2) is 17.2 Å². The summed E-state index contributed by atoms with van der Waals surface area (Å²) < 4.78 is 28.5. The lowest BCUT2D eigenvalue weighted by Crippen LogP contribution is -2.35. The summed E-state index contributed by atoms with van der Waals surface area (Å²) in [5, 5.41) is 22.4. The minimum atomic E-state index is -3.52. The molecule has 166 valence electrons. The highest BCUT2D eigenvalue weighted by Crippen LogP contribution is 2.34. The number of sulfonamides is 1. The van der Waals surface area contributed by atoms with Crippen molar-refractivity contribution in [1.29, 1.82) is 5.26 Å². The number of nitrogen functional groups attached to an aromatic ring is 2. The molecule has 1 aliphatic heterocycles. The molecule has 0 unspecified atom stereocenters. The van der Waals surface area contributed by atoms with Crippen LogP contribution < -0.4 is 11.5 Å². The van der Waals surface area contributed by atoms with Crippen LogP contribution in [-0.4, -0.2) is 46.7 Å². The average Bonchev–Trinajstić information content (AvgIpc) is 3.12. The topological polar surface area (TPSA) is 168 Å². The molecule has 1 aliphatic rings. The first-order chi connectivity index (χ1) is 15.4. The Hall–Kier alpha value is -3.21. The SMILES string of the molecule is CSc1c(C#N)c(N)nc2c(N=Nc3ccc(S(=O)(=O)N4CCCCC4)cc3)c(N)nn12. The van der Waals surface area contributed by atoms with Gasteiger partial charge in [-0.2, -0.15) is 14.7 Å². The van der Waals surface area contributed by atoms with Crippen LogP contribution in [0.15, 0.2) is 44.4 Å². The van der Waals surface area contributed by atoms with E-state index in [2.05, 4.69) is 20.3 Å². The molecule has 0 spiro atoms. The fourth-order valence-corrected chi connectivity index (χ4v) is 5.65. The Kier molecular flexibility index (Phi) is 6.00. The molecule has 11 nitrogen and oxygen atoms in total. The summed E-state index contributed by atoms with van der Waals surface area (Å²) >= 11 is 1.28. The highest BCUT2D eigenvalue weighted by Gasteiger charge is 2.25. The Morgan fingerprint density at radius 1 is 1.09 bits per heavy atom. The minimum Gasteiger partial charge on any atom is -0.382 e. The molecule has 0 amide bonds. The normalized spacial score (nSPS) is 15.4. The Morgan fingerprint density at radius 3 is 2.41 bits per heavy atom. The minimum absolute atomic E-state index is 0.0490. The summed E-state index contributed by atoms with van der Waals surface area (Å²) in [7, 11) is -3.52. The fourth-order valence-electron chi connectivity index (χ4n) is 3.48. The molecule has 4 N–H and O–H groups in total. The maximum absolute atomic E-state index is 12.8. The van der Waals surface area contributed by atoms with Gasteiger partial charge >= 0.3 is 0 Å². The Labute approximate surface area is 189 Å². The van der Waals surface area contributed by atoms with Crippen molar-refractivity contribution in [3.63, 3.8) is 0 Å². The van der Waals surface area contributed by atoms with Crippen LogP contribution in [0.5, 0.6) is 0 Å². The van der Waals surface area contributed by atoms with E-state index in [0.717, 1.165) is 19.3 Å². The molecule has 1 saturated heterocycles. The van der Waals surface area contributed by atoms with Crippen LogP contribution >= 0.6 is 11.8 Å². The van der Waals surface area contributed by atoms with Crippen molar-refractivity contribution in [2.45, 2.75) is 29.2 Å². The maximum atomic E-state index is 12.8. The summed E-state index contributed by atoms with van der Waals surface area (Å²) in [5.74, 6) is 0.128. The zero-order valence-electron chi connectivity index (χ0n) is 17.3. The third kappa shape index (κ3) is 3.88. The van der Waals surface area contributed by atoms with E-state index in [9.17, 15) is 13.7 Å². The van der Waals surface area contributed by atoms with Gasteiger partial charge in [-0.3, -0.25) is 0 Å². The van der Waals surface area contributed by atoms with Crippen molar-refractivity contribution in [2.24, 2.45) is 10.2 Å². The smallest absolute Gasteiger partial charge is 0.243 e. The number of nitrogens with two attached hydrogens (primary N) is 2. The molecule has 0 atom stereocenters. The van der Waals surface area contributed by atoms with Gasteiger partial charge in [0.2, 0.25) is 10.0 Å². The van der Waals surface area contributed by atoms with Gasteiger partial charge in [0, 0.05) is 13.1 Å². The molecule has 13 heteroatoms. The highest BCUT2D eigenvalue weighted by molar-refractivity contribution is 7.98. The first-order valence-corrected chi connectivity index (χ1v) is 12.5. The lowest BCUT2D eigenvalue weighted by Gasteiger charge is -2.25. The fraction of sp³-hybridized carbons (Fsp3) is 0.316. The summed E-state index contributed by atoms with van der Waals surface area (Å²) in [5.41, 5.74) is 13.1. The van der Waals surface area contributed by atoms with Gasteiger partial charge in [0.25, 0.3) is 0 Å². The van der Waals surface area contributed by atoms with E-state index in [4.69, 9.17) is 11.5 Å². The molecular weight excluding hydrogens is 450 g/mol. The summed E-state index contributed by atoms with van der Waals surface area (Å²) in [6.45, 7) is 1.08. The predicted octanol–water partition coefficient (Wildman–Crippen LogP) is 3.08. The monoisotopic (exact) mass is 471 g/mol. The van der Waals surface area contributed by atoms with E-state index in [1.165, 1.54) is 32.7 Å². The van der Waals surface area contributed by atoms with Gasteiger partial charge in [-0.05, 0) is 43.4 Å². The van der Waals surface area contributed by atoms with E-state index in [-0.39, 0.29) is 33.4 Å². The number of hydrogen-bond acceptors (Lipinski definition) is 10.